The van der Waals surface area contributed by atoms with Crippen LogP contribution in [0.1, 0.15) is 34.8 Å². The maximum atomic E-state index is 12.7. The van der Waals surface area contributed by atoms with Crippen molar-refractivity contribution < 1.29 is 18.7 Å². The molecule has 0 aliphatic carbocycles. The number of nitrogens with one attached hydrogen (secondary N) is 1. The van der Waals surface area contributed by atoms with Crippen LogP contribution in [-0.2, 0) is 0 Å². The minimum absolute atomic E-state index is 0.123. The summed E-state index contributed by atoms with van der Waals surface area (Å²) in [6, 6.07) is 14.1. The molecule has 0 unspecified atom stereocenters. The van der Waals surface area contributed by atoms with E-state index >= 15 is 0 Å². The number of carbonyl (C=O) groups is 2. The van der Waals surface area contributed by atoms with Crippen LogP contribution in [0.5, 0.6) is 5.75 Å². The molecule has 27 heavy (non-hydrogen) atoms. The van der Waals surface area contributed by atoms with E-state index < -0.39 is 5.91 Å². The maximum Gasteiger partial charge on any atom is 0.291 e. The second kappa shape index (κ2) is 7.95. The van der Waals surface area contributed by atoms with Gasteiger partial charge in [-0.1, -0.05) is 24.3 Å². The van der Waals surface area contributed by atoms with Gasteiger partial charge in [-0.3, -0.25) is 9.59 Å². The lowest BCUT2D eigenvalue weighted by molar-refractivity contribution is 0.0774. The van der Waals surface area contributed by atoms with Crippen molar-refractivity contribution in [3.05, 3.63) is 59.9 Å². The maximum absolute atomic E-state index is 12.7. The van der Waals surface area contributed by atoms with Crippen LogP contribution < -0.4 is 10.1 Å². The summed E-state index contributed by atoms with van der Waals surface area (Å²) < 4.78 is 10.9. The van der Waals surface area contributed by atoms with Gasteiger partial charge in [0.25, 0.3) is 11.8 Å². The normalized spacial score (nSPS) is 10.6. The first kappa shape index (κ1) is 18.5. The van der Waals surface area contributed by atoms with Crippen molar-refractivity contribution in [3.8, 4) is 5.75 Å². The molecular weight excluding hydrogens is 344 g/mol. The van der Waals surface area contributed by atoms with Crippen LogP contribution in [0.25, 0.3) is 11.0 Å². The zero-order valence-corrected chi connectivity index (χ0v) is 15.6. The van der Waals surface area contributed by atoms with Gasteiger partial charge >= 0.3 is 0 Å². The molecule has 3 rings (SSSR count). The minimum atomic E-state index is -0.423. The predicted molar refractivity (Wildman–Crippen MR) is 104 cm³/mol. The molecule has 1 N–H and O–H groups in total. The number of carbonyl (C=O) groups excluding carboxylic acids is 2. The monoisotopic (exact) mass is 366 g/mol. The highest BCUT2D eigenvalue weighted by Gasteiger charge is 2.20. The Labute approximate surface area is 157 Å². The smallest absolute Gasteiger partial charge is 0.291 e. The molecule has 0 saturated heterocycles. The first-order chi connectivity index (χ1) is 13.1. The molecule has 6 heteroatoms. The second-order valence-electron chi connectivity index (χ2n) is 5.97. The first-order valence-corrected chi connectivity index (χ1v) is 8.85. The highest BCUT2D eigenvalue weighted by molar-refractivity contribution is 6.09. The van der Waals surface area contributed by atoms with Crippen molar-refractivity contribution in [1.29, 1.82) is 0 Å². The number of fused-ring (bicyclic) bond motifs is 1. The van der Waals surface area contributed by atoms with Gasteiger partial charge in [0, 0.05) is 18.5 Å². The van der Waals surface area contributed by atoms with E-state index in [9.17, 15) is 9.59 Å². The number of furan rings is 1. The summed E-state index contributed by atoms with van der Waals surface area (Å²) >= 11 is 0. The van der Waals surface area contributed by atoms with Crippen LogP contribution in [-0.4, -0.2) is 36.9 Å². The van der Waals surface area contributed by atoms with E-state index in [1.54, 1.807) is 48.4 Å². The van der Waals surface area contributed by atoms with Crippen molar-refractivity contribution >= 4 is 28.5 Å². The van der Waals surface area contributed by atoms with E-state index in [4.69, 9.17) is 9.15 Å². The average Bonchev–Trinajstić information content (AvgIpc) is 3.13. The molecule has 6 nitrogen and oxygen atoms in total. The van der Waals surface area contributed by atoms with Gasteiger partial charge in [0.15, 0.2) is 17.1 Å². The average molecular weight is 366 g/mol. The molecule has 0 aliphatic rings. The molecule has 140 valence electrons. The molecule has 0 atom stereocenters. The van der Waals surface area contributed by atoms with Gasteiger partial charge in [-0.05, 0) is 38.1 Å². The van der Waals surface area contributed by atoms with Gasteiger partial charge in [0.1, 0.15) is 0 Å². The Hall–Kier alpha value is -3.28. The molecule has 2 aromatic carbocycles. The van der Waals surface area contributed by atoms with Gasteiger partial charge in [-0.25, -0.2) is 0 Å². The second-order valence-corrected chi connectivity index (χ2v) is 5.97. The first-order valence-electron chi connectivity index (χ1n) is 8.85. The van der Waals surface area contributed by atoms with Crippen molar-refractivity contribution in [1.82, 2.24) is 4.90 Å². The third-order valence-corrected chi connectivity index (χ3v) is 4.41. The molecule has 0 spiro atoms. The summed E-state index contributed by atoms with van der Waals surface area (Å²) in [5, 5.41) is 3.56. The lowest BCUT2D eigenvalue weighted by Crippen LogP contribution is -2.31. The molecule has 0 radical (unpaired) electrons. The Kier molecular flexibility index (Phi) is 5.45. The van der Waals surface area contributed by atoms with Crippen molar-refractivity contribution in [2.75, 3.05) is 25.5 Å². The Morgan fingerprint density at radius 3 is 2.52 bits per heavy atom. The zero-order chi connectivity index (χ0) is 19.4. The Bertz CT molecular complexity index is 973. The molecule has 0 fully saturated rings. The van der Waals surface area contributed by atoms with Crippen LogP contribution in [0.3, 0.4) is 0 Å². The van der Waals surface area contributed by atoms with Crippen LogP contribution >= 0.6 is 0 Å². The molecule has 1 heterocycles. The number of nitrogens with zero attached hydrogens (tertiary/aromatic N) is 1. The fraction of sp³-hybridized carbons (Fsp3) is 0.238. The molecule has 2 amide bonds. The SMILES string of the molecule is CCN(CC)C(=O)c1ccccc1NC(=O)c1cc2cccc(OC)c2o1. The molecule has 0 saturated carbocycles. The summed E-state index contributed by atoms with van der Waals surface area (Å²) in [7, 11) is 1.55. The molecule has 3 aromatic rings. The van der Waals surface area contributed by atoms with Crippen LogP contribution in [0.15, 0.2) is 52.9 Å². The number of anilines is 1. The number of amides is 2. The third-order valence-electron chi connectivity index (χ3n) is 4.41. The van der Waals surface area contributed by atoms with E-state index in [1.807, 2.05) is 26.0 Å². The number of benzene rings is 2. The lowest BCUT2D eigenvalue weighted by atomic mass is 10.1. The Balaban J connectivity index is 1.90. The topological polar surface area (TPSA) is 71.8 Å². The summed E-state index contributed by atoms with van der Waals surface area (Å²) in [6.07, 6.45) is 0. The molecule has 1 aromatic heterocycles. The highest BCUT2D eigenvalue weighted by Crippen LogP contribution is 2.29. The quantitative estimate of drug-likeness (QED) is 0.710. The van der Waals surface area contributed by atoms with Gasteiger partial charge < -0.3 is 19.4 Å². The van der Waals surface area contributed by atoms with Crippen molar-refractivity contribution in [2.24, 2.45) is 0 Å². The van der Waals surface area contributed by atoms with E-state index in [1.165, 1.54) is 0 Å². The summed E-state index contributed by atoms with van der Waals surface area (Å²) in [5.41, 5.74) is 1.41. The standard InChI is InChI=1S/C21H22N2O4/c1-4-23(5-2)21(25)15-10-6-7-11-16(15)22-20(24)18-13-14-9-8-12-17(26-3)19(14)27-18/h6-13H,4-5H2,1-3H3,(H,22,24). The summed E-state index contributed by atoms with van der Waals surface area (Å²) in [5.74, 6) is 0.165. The number of methoxy groups -OCH3 is 1. The Morgan fingerprint density at radius 2 is 1.81 bits per heavy atom. The van der Waals surface area contributed by atoms with E-state index in [0.29, 0.717) is 35.7 Å². The summed E-state index contributed by atoms with van der Waals surface area (Å²) in [6.45, 7) is 5.04. The van der Waals surface area contributed by atoms with E-state index in [-0.39, 0.29) is 11.7 Å². The van der Waals surface area contributed by atoms with E-state index in [0.717, 1.165) is 5.39 Å². The van der Waals surface area contributed by atoms with Gasteiger partial charge in [-0.15, -0.1) is 0 Å². The number of hydrogen-bond donors (Lipinski definition) is 1. The third kappa shape index (κ3) is 3.65. The van der Waals surface area contributed by atoms with E-state index in [2.05, 4.69) is 5.32 Å². The largest absolute Gasteiger partial charge is 0.493 e. The number of para-hydroxylation sites is 2. The Morgan fingerprint density at radius 1 is 1.07 bits per heavy atom. The number of rotatable bonds is 6. The van der Waals surface area contributed by atoms with Crippen LogP contribution in [0, 0.1) is 0 Å². The van der Waals surface area contributed by atoms with Crippen LogP contribution in [0.4, 0.5) is 5.69 Å². The minimum Gasteiger partial charge on any atom is -0.493 e. The summed E-state index contributed by atoms with van der Waals surface area (Å²) in [4.78, 5) is 27.1. The van der Waals surface area contributed by atoms with Gasteiger partial charge in [0.2, 0.25) is 0 Å². The van der Waals surface area contributed by atoms with Gasteiger partial charge in [-0.2, -0.15) is 0 Å². The van der Waals surface area contributed by atoms with Crippen molar-refractivity contribution in [2.45, 2.75) is 13.8 Å². The molecule has 0 aliphatic heterocycles. The fourth-order valence-electron chi connectivity index (χ4n) is 2.95. The predicted octanol–water partition coefficient (Wildman–Crippen LogP) is 4.18. The highest BCUT2D eigenvalue weighted by atomic mass is 16.5. The van der Waals surface area contributed by atoms with Crippen molar-refractivity contribution in [3.63, 3.8) is 0 Å². The lowest BCUT2D eigenvalue weighted by Gasteiger charge is -2.20. The zero-order valence-electron chi connectivity index (χ0n) is 15.6. The van der Waals surface area contributed by atoms with Gasteiger partial charge in [0.05, 0.1) is 18.4 Å². The fourth-order valence-corrected chi connectivity index (χ4v) is 2.95. The molecular formula is C21H22N2O4. The number of ether oxygens (including phenoxy) is 1. The molecule has 0 bridgehead atoms. The number of hydrogen-bond acceptors (Lipinski definition) is 4. The van der Waals surface area contributed by atoms with Crippen LogP contribution in [0.2, 0.25) is 0 Å².